The Labute approximate surface area is 149 Å². The number of thiazole rings is 1. The largest absolute Gasteiger partial charge is 0.440 e. The summed E-state index contributed by atoms with van der Waals surface area (Å²) in [6.07, 6.45) is 2.23. The molecule has 5 rings (SSSR count). The maximum absolute atomic E-state index is 6.00. The molecule has 0 spiro atoms. The lowest BCUT2D eigenvalue weighted by Crippen LogP contribution is -2.34. The molecule has 0 bridgehead atoms. The summed E-state index contributed by atoms with van der Waals surface area (Å²) in [6.45, 7) is 3.98. The van der Waals surface area contributed by atoms with Crippen LogP contribution in [0.2, 0.25) is 0 Å². The summed E-state index contributed by atoms with van der Waals surface area (Å²) < 4.78 is 9.05. The quantitative estimate of drug-likeness (QED) is 0.547. The van der Waals surface area contributed by atoms with Crippen LogP contribution in [-0.2, 0) is 7.05 Å². The second-order valence-electron chi connectivity index (χ2n) is 6.66. The van der Waals surface area contributed by atoms with Gasteiger partial charge in [0.2, 0.25) is 0 Å². The highest BCUT2D eigenvalue weighted by molar-refractivity contribution is 7.22. The van der Waals surface area contributed by atoms with Gasteiger partial charge >= 0.3 is 0 Å². The van der Waals surface area contributed by atoms with Crippen LogP contribution in [0.4, 0.5) is 5.13 Å². The lowest BCUT2D eigenvalue weighted by atomic mass is 9.98. The molecular formula is C18H19N5OS. The molecule has 3 aromatic heterocycles. The number of rotatable bonds is 2. The van der Waals surface area contributed by atoms with E-state index in [4.69, 9.17) is 14.4 Å². The van der Waals surface area contributed by atoms with Crippen molar-refractivity contribution >= 4 is 37.9 Å². The monoisotopic (exact) mass is 353 g/mol. The Hall–Kier alpha value is -2.41. The molecule has 4 aromatic rings. The third-order valence-corrected chi connectivity index (χ3v) is 6.10. The van der Waals surface area contributed by atoms with Gasteiger partial charge in [0, 0.05) is 20.1 Å². The summed E-state index contributed by atoms with van der Waals surface area (Å²) in [5, 5.41) is 5.52. The zero-order chi connectivity index (χ0) is 17.0. The van der Waals surface area contributed by atoms with Crippen molar-refractivity contribution < 1.29 is 4.42 Å². The summed E-state index contributed by atoms with van der Waals surface area (Å²) in [7, 11) is 1.95. The van der Waals surface area contributed by atoms with Crippen LogP contribution in [0.1, 0.15) is 30.3 Å². The SMILES string of the molecule is Cc1nn(C)c2nc(N3CCC[C@H](c4nc5ccccc5o4)C3)sc12. The van der Waals surface area contributed by atoms with Gasteiger partial charge in [0.05, 0.1) is 16.3 Å². The van der Waals surface area contributed by atoms with Crippen LogP contribution < -0.4 is 4.90 Å². The standard InChI is InChI=1S/C18H19N5OS/c1-11-15-16(22(2)21-11)20-18(25-15)23-9-5-6-12(10-23)17-19-13-7-3-4-8-14(13)24-17/h3-4,7-8,12H,5-6,9-10H2,1-2H3/t12-/m0/s1. The van der Waals surface area contributed by atoms with Crippen molar-refractivity contribution in [3.8, 4) is 0 Å². The number of aryl methyl sites for hydroxylation is 2. The van der Waals surface area contributed by atoms with Crippen LogP contribution in [-0.4, -0.2) is 32.8 Å². The van der Waals surface area contributed by atoms with Gasteiger partial charge in [-0.15, -0.1) is 0 Å². The van der Waals surface area contributed by atoms with Crippen molar-refractivity contribution in [2.24, 2.45) is 7.05 Å². The Morgan fingerprint density at radius 2 is 2.12 bits per heavy atom. The molecule has 0 radical (unpaired) electrons. The van der Waals surface area contributed by atoms with E-state index in [-0.39, 0.29) is 0 Å². The normalized spacial score (nSPS) is 18.5. The number of fused-ring (bicyclic) bond motifs is 2. The lowest BCUT2D eigenvalue weighted by Gasteiger charge is -2.30. The van der Waals surface area contributed by atoms with Gasteiger partial charge in [-0.25, -0.2) is 14.6 Å². The molecule has 1 aromatic carbocycles. The lowest BCUT2D eigenvalue weighted by molar-refractivity contribution is 0.413. The van der Waals surface area contributed by atoms with E-state index in [1.807, 2.05) is 42.9 Å². The van der Waals surface area contributed by atoms with E-state index in [0.717, 1.165) is 59.4 Å². The molecule has 1 aliphatic rings. The van der Waals surface area contributed by atoms with E-state index in [2.05, 4.69) is 10.00 Å². The van der Waals surface area contributed by atoms with E-state index in [1.165, 1.54) is 4.70 Å². The molecule has 128 valence electrons. The fourth-order valence-electron chi connectivity index (χ4n) is 3.63. The molecule has 6 nitrogen and oxygen atoms in total. The van der Waals surface area contributed by atoms with Gasteiger partial charge in [-0.1, -0.05) is 23.5 Å². The van der Waals surface area contributed by atoms with Crippen molar-refractivity contribution in [1.29, 1.82) is 0 Å². The number of anilines is 1. The van der Waals surface area contributed by atoms with E-state index in [9.17, 15) is 0 Å². The number of nitrogens with zero attached hydrogens (tertiary/aromatic N) is 5. The minimum atomic E-state index is 0.312. The van der Waals surface area contributed by atoms with Gasteiger partial charge in [0.25, 0.3) is 0 Å². The highest BCUT2D eigenvalue weighted by atomic mass is 32.1. The summed E-state index contributed by atoms with van der Waals surface area (Å²) in [5.41, 5.74) is 3.84. The first-order valence-electron chi connectivity index (χ1n) is 8.59. The Balaban J connectivity index is 1.45. The minimum absolute atomic E-state index is 0.312. The maximum atomic E-state index is 6.00. The molecule has 25 heavy (non-hydrogen) atoms. The van der Waals surface area contributed by atoms with Crippen LogP contribution in [0.15, 0.2) is 28.7 Å². The molecular weight excluding hydrogens is 334 g/mol. The van der Waals surface area contributed by atoms with Gasteiger partial charge in [-0.05, 0) is 31.9 Å². The Morgan fingerprint density at radius 1 is 1.24 bits per heavy atom. The van der Waals surface area contributed by atoms with Crippen LogP contribution in [0.25, 0.3) is 21.4 Å². The fraction of sp³-hybridized carbons (Fsp3) is 0.389. The second-order valence-corrected chi connectivity index (χ2v) is 7.64. The summed E-state index contributed by atoms with van der Waals surface area (Å²) in [6, 6.07) is 7.98. The topological polar surface area (TPSA) is 60.0 Å². The fourth-order valence-corrected chi connectivity index (χ4v) is 4.69. The van der Waals surface area contributed by atoms with Gasteiger partial charge in [-0.3, -0.25) is 0 Å². The summed E-state index contributed by atoms with van der Waals surface area (Å²) >= 11 is 1.73. The molecule has 1 atom stereocenters. The molecule has 1 saturated heterocycles. The third kappa shape index (κ3) is 2.41. The highest BCUT2D eigenvalue weighted by Crippen LogP contribution is 2.35. The second kappa shape index (κ2) is 5.56. The number of benzene rings is 1. The number of hydrogen-bond donors (Lipinski definition) is 0. The molecule has 0 unspecified atom stereocenters. The smallest absolute Gasteiger partial charge is 0.200 e. The summed E-state index contributed by atoms with van der Waals surface area (Å²) in [4.78, 5) is 11.9. The van der Waals surface area contributed by atoms with Crippen LogP contribution >= 0.6 is 11.3 Å². The average molecular weight is 353 g/mol. The number of para-hydroxylation sites is 2. The van der Waals surface area contributed by atoms with Crippen molar-refractivity contribution in [1.82, 2.24) is 19.7 Å². The molecule has 1 aliphatic heterocycles. The van der Waals surface area contributed by atoms with E-state index in [1.54, 1.807) is 11.3 Å². The van der Waals surface area contributed by atoms with Crippen molar-refractivity contribution in [3.63, 3.8) is 0 Å². The first-order chi connectivity index (χ1) is 12.2. The molecule has 4 heterocycles. The van der Waals surface area contributed by atoms with Crippen LogP contribution in [0.5, 0.6) is 0 Å². The minimum Gasteiger partial charge on any atom is -0.440 e. The number of oxazole rings is 1. The highest BCUT2D eigenvalue weighted by Gasteiger charge is 2.27. The Bertz CT molecular complexity index is 995. The number of aromatic nitrogens is 4. The first-order valence-corrected chi connectivity index (χ1v) is 9.41. The third-order valence-electron chi connectivity index (χ3n) is 4.88. The predicted molar refractivity (Wildman–Crippen MR) is 99.3 cm³/mol. The van der Waals surface area contributed by atoms with Crippen molar-refractivity contribution in [2.45, 2.75) is 25.7 Å². The average Bonchev–Trinajstić information content (AvgIpc) is 3.31. The maximum Gasteiger partial charge on any atom is 0.200 e. The molecule has 1 fully saturated rings. The number of piperidine rings is 1. The molecule has 0 aliphatic carbocycles. The molecule has 0 saturated carbocycles. The van der Waals surface area contributed by atoms with Crippen LogP contribution in [0.3, 0.4) is 0 Å². The van der Waals surface area contributed by atoms with Gasteiger partial charge < -0.3 is 9.32 Å². The van der Waals surface area contributed by atoms with Crippen molar-refractivity contribution in [2.75, 3.05) is 18.0 Å². The Kier molecular flexibility index (Phi) is 3.31. The van der Waals surface area contributed by atoms with Gasteiger partial charge in [0.1, 0.15) is 5.52 Å². The zero-order valence-electron chi connectivity index (χ0n) is 14.3. The zero-order valence-corrected chi connectivity index (χ0v) is 15.1. The number of hydrogen-bond acceptors (Lipinski definition) is 6. The predicted octanol–water partition coefficient (Wildman–Crippen LogP) is 3.86. The molecule has 0 N–H and O–H groups in total. The first kappa shape index (κ1) is 14.9. The van der Waals surface area contributed by atoms with Crippen molar-refractivity contribution in [3.05, 3.63) is 35.9 Å². The van der Waals surface area contributed by atoms with E-state index < -0.39 is 0 Å². The molecule has 0 amide bonds. The van der Waals surface area contributed by atoms with E-state index in [0.29, 0.717) is 5.92 Å². The van der Waals surface area contributed by atoms with Gasteiger partial charge in [0.15, 0.2) is 22.3 Å². The van der Waals surface area contributed by atoms with Gasteiger partial charge in [-0.2, -0.15) is 5.10 Å². The van der Waals surface area contributed by atoms with E-state index >= 15 is 0 Å². The summed E-state index contributed by atoms with van der Waals surface area (Å²) in [5.74, 6) is 1.16. The Morgan fingerprint density at radius 3 is 2.96 bits per heavy atom. The van der Waals surface area contributed by atoms with Crippen LogP contribution in [0, 0.1) is 6.92 Å². The molecule has 7 heteroatoms.